The fraction of sp³-hybridized carbons (Fsp3) is 0.263. The lowest BCUT2D eigenvalue weighted by Crippen LogP contribution is -2.27. The number of aryl methyl sites for hydroxylation is 1. The first kappa shape index (κ1) is 17.6. The van der Waals surface area contributed by atoms with Crippen molar-refractivity contribution in [3.05, 3.63) is 57.8 Å². The molecule has 3 aromatic rings. The topological polar surface area (TPSA) is 90.9 Å². The Labute approximate surface area is 149 Å². The third-order valence-electron chi connectivity index (χ3n) is 4.18. The molecule has 3 rings (SSSR count). The Morgan fingerprint density at radius 3 is 2.65 bits per heavy atom. The molecule has 0 atom stereocenters. The van der Waals surface area contributed by atoms with Crippen LogP contribution in [0.25, 0.3) is 11.0 Å². The third kappa shape index (κ3) is 3.28. The van der Waals surface area contributed by atoms with Crippen molar-refractivity contribution in [3.8, 4) is 11.5 Å². The van der Waals surface area contributed by atoms with E-state index < -0.39 is 5.63 Å². The highest BCUT2D eigenvalue weighted by molar-refractivity contribution is 5.89. The van der Waals surface area contributed by atoms with Gasteiger partial charge in [-0.15, -0.1) is 0 Å². The Morgan fingerprint density at radius 1 is 1.19 bits per heavy atom. The van der Waals surface area contributed by atoms with Crippen LogP contribution in [-0.4, -0.2) is 20.1 Å². The van der Waals surface area contributed by atoms with E-state index in [2.05, 4.69) is 5.32 Å². The number of carbonyl (C=O) groups excluding carboxylic acids is 1. The summed E-state index contributed by atoms with van der Waals surface area (Å²) in [6.07, 6.45) is 1.45. The molecule has 0 radical (unpaired) electrons. The zero-order valence-electron chi connectivity index (χ0n) is 14.8. The van der Waals surface area contributed by atoms with Gasteiger partial charge in [-0.25, -0.2) is 4.79 Å². The van der Waals surface area contributed by atoms with Gasteiger partial charge in [0.2, 0.25) is 11.7 Å². The van der Waals surface area contributed by atoms with Crippen molar-refractivity contribution in [2.45, 2.75) is 19.9 Å². The van der Waals surface area contributed by atoms with Crippen LogP contribution in [-0.2, 0) is 17.8 Å². The summed E-state index contributed by atoms with van der Waals surface area (Å²) < 4.78 is 21.1. The first-order valence-corrected chi connectivity index (χ1v) is 8.01. The Hall–Kier alpha value is -3.22. The number of rotatable bonds is 6. The highest BCUT2D eigenvalue weighted by Crippen LogP contribution is 2.36. The summed E-state index contributed by atoms with van der Waals surface area (Å²) in [5.41, 5.74) is 0.704. The van der Waals surface area contributed by atoms with Crippen LogP contribution < -0.4 is 20.4 Å². The van der Waals surface area contributed by atoms with Crippen molar-refractivity contribution < 1.29 is 23.1 Å². The number of amides is 1. The minimum atomic E-state index is -0.574. The average molecular weight is 357 g/mol. The molecule has 7 nitrogen and oxygen atoms in total. The SMILES string of the molecule is COc1ccc2c(C)c(CC(=O)NCc3ccco3)c(=O)oc2c1OC. The molecule has 7 heteroatoms. The summed E-state index contributed by atoms with van der Waals surface area (Å²) in [5, 5.41) is 3.41. The Morgan fingerprint density at radius 2 is 2.00 bits per heavy atom. The second kappa shape index (κ2) is 7.35. The van der Waals surface area contributed by atoms with Crippen LogP contribution >= 0.6 is 0 Å². The van der Waals surface area contributed by atoms with E-state index in [1.807, 2.05) is 0 Å². The van der Waals surface area contributed by atoms with Crippen molar-refractivity contribution in [1.29, 1.82) is 0 Å². The molecule has 0 spiro atoms. The fourth-order valence-electron chi connectivity index (χ4n) is 2.79. The van der Waals surface area contributed by atoms with E-state index in [-0.39, 0.29) is 18.9 Å². The van der Waals surface area contributed by atoms with Crippen LogP contribution in [0.2, 0.25) is 0 Å². The van der Waals surface area contributed by atoms with Crippen LogP contribution in [0.4, 0.5) is 0 Å². The van der Waals surface area contributed by atoms with Gasteiger partial charge in [-0.3, -0.25) is 4.79 Å². The quantitative estimate of drug-likeness (QED) is 0.682. The fourth-order valence-corrected chi connectivity index (χ4v) is 2.79. The molecule has 0 aliphatic carbocycles. The maximum atomic E-state index is 12.4. The van der Waals surface area contributed by atoms with E-state index in [9.17, 15) is 9.59 Å². The van der Waals surface area contributed by atoms with Gasteiger partial charge >= 0.3 is 5.63 Å². The average Bonchev–Trinajstić information content (AvgIpc) is 3.16. The molecule has 0 bridgehead atoms. The van der Waals surface area contributed by atoms with Gasteiger partial charge in [-0.2, -0.15) is 0 Å². The lowest BCUT2D eigenvalue weighted by atomic mass is 10.0. The highest BCUT2D eigenvalue weighted by Gasteiger charge is 2.19. The van der Waals surface area contributed by atoms with Crippen molar-refractivity contribution in [2.75, 3.05) is 14.2 Å². The second-order valence-corrected chi connectivity index (χ2v) is 5.70. The maximum Gasteiger partial charge on any atom is 0.340 e. The number of carbonyl (C=O) groups is 1. The molecular formula is C19H19NO6. The summed E-state index contributed by atoms with van der Waals surface area (Å²) in [6, 6.07) is 7.01. The molecule has 2 aromatic heterocycles. The Balaban J connectivity index is 1.91. The second-order valence-electron chi connectivity index (χ2n) is 5.70. The number of hydrogen-bond acceptors (Lipinski definition) is 6. The number of fused-ring (bicyclic) bond motifs is 1. The molecule has 1 aromatic carbocycles. The van der Waals surface area contributed by atoms with Crippen LogP contribution in [0.3, 0.4) is 0 Å². The van der Waals surface area contributed by atoms with E-state index in [0.717, 1.165) is 0 Å². The minimum absolute atomic E-state index is 0.0842. The van der Waals surface area contributed by atoms with Crippen LogP contribution in [0.5, 0.6) is 11.5 Å². The number of ether oxygens (including phenoxy) is 2. The molecule has 0 aliphatic heterocycles. The maximum absolute atomic E-state index is 12.4. The van der Waals surface area contributed by atoms with Gasteiger partial charge in [-0.05, 0) is 36.8 Å². The summed E-state index contributed by atoms with van der Waals surface area (Å²) in [4.78, 5) is 24.6. The zero-order valence-corrected chi connectivity index (χ0v) is 14.8. The van der Waals surface area contributed by atoms with E-state index >= 15 is 0 Å². The van der Waals surface area contributed by atoms with Gasteiger partial charge in [-0.1, -0.05) is 0 Å². The summed E-state index contributed by atoms with van der Waals surface area (Å²) in [5.74, 6) is 1.15. The number of methoxy groups -OCH3 is 2. The molecule has 0 aliphatic rings. The van der Waals surface area contributed by atoms with E-state index in [1.54, 1.807) is 31.2 Å². The van der Waals surface area contributed by atoms with E-state index in [1.165, 1.54) is 20.5 Å². The number of hydrogen-bond donors (Lipinski definition) is 1. The van der Waals surface area contributed by atoms with Gasteiger partial charge in [0.15, 0.2) is 11.3 Å². The first-order chi connectivity index (χ1) is 12.5. The van der Waals surface area contributed by atoms with Crippen LogP contribution in [0.1, 0.15) is 16.9 Å². The first-order valence-electron chi connectivity index (χ1n) is 8.01. The molecule has 0 unspecified atom stereocenters. The van der Waals surface area contributed by atoms with Gasteiger partial charge < -0.3 is 23.6 Å². The smallest absolute Gasteiger partial charge is 0.340 e. The van der Waals surface area contributed by atoms with Crippen molar-refractivity contribution in [2.24, 2.45) is 0 Å². The summed E-state index contributed by atoms with van der Waals surface area (Å²) in [6.45, 7) is 2.04. The molecule has 2 heterocycles. The molecule has 1 N–H and O–H groups in total. The predicted molar refractivity (Wildman–Crippen MR) is 94.6 cm³/mol. The normalized spacial score (nSPS) is 10.7. The molecule has 0 fully saturated rings. The lowest BCUT2D eigenvalue weighted by molar-refractivity contribution is -0.120. The standard InChI is InChI=1S/C19H19NO6/c1-11-13-6-7-15(23-2)18(24-3)17(13)26-19(22)14(11)9-16(21)20-10-12-5-4-8-25-12/h4-8H,9-10H2,1-3H3,(H,20,21). The van der Waals surface area contributed by atoms with Gasteiger partial charge in [0.1, 0.15) is 5.76 Å². The predicted octanol–water partition coefficient (Wildman–Crippen LogP) is 2.57. The van der Waals surface area contributed by atoms with Crippen molar-refractivity contribution in [3.63, 3.8) is 0 Å². The lowest BCUT2D eigenvalue weighted by Gasteiger charge is -2.12. The molecule has 1 amide bonds. The van der Waals surface area contributed by atoms with Gasteiger partial charge in [0.05, 0.1) is 39.0 Å². The number of benzene rings is 1. The highest BCUT2D eigenvalue weighted by atomic mass is 16.5. The van der Waals surface area contributed by atoms with Gasteiger partial charge in [0, 0.05) is 5.39 Å². The van der Waals surface area contributed by atoms with E-state index in [0.29, 0.717) is 39.4 Å². The van der Waals surface area contributed by atoms with Crippen LogP contribution in [0.15, 0.2) is 44.2 Å². The number of nitrogens with one attached hydrogen (secondary N) is 1. The zero-order chi connectivity index (χ0) is 18.7. The molecular weight excluding hydrogens is 338 g/mol. The molecule has 136 valence electrons. The van der Waals surface area contributed by atoms with Crippen molar-refractivity contribution >= 4 is 16.9 Å². The van der Waals surface area contributed by atoms with Crippen molar-refractivity contribution in [1.82, 2.24) is 5.32 Å². The number of furan rings is 1. The third-order valence-corrected chi connectivity index (χ3v) is 4.18. The minimum Gasteiger partial charge on any atom is -0.493 e. The molecule has 26 heavy (non-hydrogen) atoms. The Bertz CT molecular complexity index is 987. The monoisotopic (exact) mass is 357 g/mol. The molecule has 0 saturated carbocycles. The molecule has 0 saturated heterocycles. The van der Waals surface area contributed by atoms with Gasteiger partial charge in [0.25, 0.3) is 0 Å². The summed E-state index contributed by atoms with van der Waals surface area (Å²) >= 11 is 0. The largest absolute Gasteiger partial charge is 0.493 e. The van der Waals surface area contributed by atoms with E-state index in [4.69, 9.17) is 18.3 Å². The van der Waals surface area contributed by atoms with Crippen LogP contribution in [0, 0.1) is 6.92 Å². The summed E-state index contributed by atoms with van der Waals surface area (Å²) in [7, 11) is 2.98. The Kier molecular flexibility index (Phi) is 4.97.